The van der Waals surface area contributed by atoms with Gasteiger partial charge < -0.3 is 9.42 Å². The van der Waals surface area contributed by atoms with Gasteiger partial charge in [0.2, 0.25) is 17.6 Å². The van der Waals surface area contributed by atoms with E-state index in [1.165, 1.54) is 65.6 Å². The van der Waals surface area contributed by atoms with Crippen molar-refractivity contribution in [2.24, 2.45) is 0 Å². The zero-order chi connectivity index (χ0) is 25.5. The van der Waals surface area contributed by atoms with E-state index >= 15 is 0 Å². The van der Waals surface area contributed by atoms with Crippen molar-refractivity contribution in [2.75, 3.05) is 6.54 Å². The molecule has 0 saturated carbocycles. The molecule has 0 bridgehead atoms. The highest BCUT2D eigenvalue weighted by molar-refractivity contribution is 5.94. The summed E-state index contributed by atoms with van der Waals surface area (Å²) >= 11 is 0. The van der Waals surface area contributed by atoms with Crippen molar-refractivity contribution in [1.82, 2.24) is 15.0 Å². The Bertz CT molecular complexity index is 1340. The van der Waals surface area contributed by atoms with Crippen molar-refractivity contribution in [3.63, 3.8) is 0 Å². The summed E-state index contributed by atoms with van der Waals surface area (Å²) in [7, 11) is 0. The molecule has 0 unspecified atom stereocenters. The van der Waals surface area contributed by atoms with Crippen LogP contribution in [0.1, 0.15) is 29.0 Å². The second-order valence-electron chi connectivity index (χ2n) is 8.48. The normalized spacial score (nSPS) is 15.5. The van der Waals surface area contributed by atoms with Crippen LogP contribution < -0.4 is 0 Å². The van der Waals surface area contributed by atoms with Crippen LogP contribution in [0.4, 0.5) is 22.0 Å². The molecule has 5 rings (SSSR count). The van der Waals surface area contributed by atoms with Gasteiger partial charge in [0.1, 0.15) is 23.6 Å². The highest BCUT2D eigenvalue weighted by atomic mass is 19.4. The molecule has 0 spiro atoms. The van der Waals surface area contributed by atoms with Gasteiger partial charge in [0.25, 0.3) is 0 Å². The topological polar surface area (TPSA) is 59.2 Å². The van der Waals surface area contributed by atoms with Gasteiger partial charge >= 0.3 is 6.18 Å². The van der Waals surface area contributed by atoms with Crippen LogP contribution >= 0.6 is 0 Å². The molecule has 36 heavy (non-hydrogen) atoms. The number of rotatable bonds is 5. The lowest BCUT2D eigenvalue weighted by Gasteiger charge is -2.29. The molecule has 1 fully saturated rings. The smallest absolute Gasteiger partial charge is 0.337 e. The van der Waals surface area contributed by atoms with Gasteiger partial charge in [0, 0.05) is 12.1 Å². The summed E-state index contributed by atoms with van der Waals surface area (Å²) in [5.41, 5.74) is -0.483. The van der Waals surface area contributed by atoms with Crippen LogP contribution in [-0.4, -0.2) is 27.5 Å². The zero-order valence-corrected chi connectivity index (χ0v) is 18.6. The highest BCUT2D eigenvalue weighted by Crippen LogP contribution is 2.42. The molecule has 1 aromatic heterocycles. The molecule has 2 heterocycles. The molecule has 10 heteroatoms. The van der Waals surface area contributed by atoms with Crippen LogP contribution in [-0.2, 0) is 22.9 Å². The SMILES string of the molecule is O=C1N(Cc2nc(-c3ccc(C(F)(F)F)cc3)no2)CCC1(c1ccc(F)cc1)c1ccc(F)cc1. The predicted octanol–water partition coefficient (Wildman–Crippen LogP) is 5.75. The summed E-state index contributed by atoms with van der Waals surface area (Å²) in [5, 5.41) is 3.83. The average molecular weight is 499 g/mol. The molecule has 5 nitrogen and oxygen atoms in total. The Kier molecular flexibility index (Phi) is 5.82. The second-order valence-corrected chi connectivity index (χ2v) is 8.48. The van der Waals surface area contributed by atoms with Crippen molar-refractivity contribution in [3.05, 3.63) is 107 Å². The van der Waals surface area contributed by atoms with Crippen LogP contribution in [0.15, 0.2) is 77.3 Å². The largest absolute Gasteiger partial charge is 0.416 e. The first-order chi connectivity index (χ1) is 17.2. The first-order valence-corrected chi connectivity index (χ1v) is 11.0. The van der Waals surface area contributed by atoms with Crippen LogP contribution in [0.3, 0.4) is 0 Å². The highest BCUT2D eigenvalue weighted by Gasteiger charge is 2.49. The van der Waals surface area contributed by atoms with Crippen molar-refractivity contribution in [1.29, 1.82) is 0 Å². The number of hydrogen-bond acceptors (Lipinski definition) is 4. The van der Waals surface area contributed by atoms with Gasteiger partial charge in [0.15, 0.2) is 0 Å². The van der Waals surface area contributed by atoms with Gasteiger partial charge in [-0.2, -0.15) is 18.2 Å². The Labute approximate surface area is 202 Å². The number of carbonyl (C=O) groups excluding carboxylic acids is 1. The summed E-state index contributed by atoms with van der Waals surface area (Å²) < 4.78 is 70.9. The molecule has 1 saturated heterocycles. The molecule has 4 aromatic rings. The van der Waals surface area contributed by atoms with Crippen molar-refractivity contribution < 1.29 is 31.3 Å². The molecule has 1 aliphatic heterocycles. The number of benzene rings is 3. The van der Waals surface area contributed by atoms with Crippen LogP contribution in [0.2, 0.25) is 0 Å². The van der Waals surface area contributed by atoms with Gasteiger partial charge in [-0.05, 0) is 53.9 Å². The number of carbonyl (C=O) groups is 1. The van der Waals surface area contributed by atoms with Gasteiger partial charge in [-0.25, -0.2) is 8.78 Å². The Balaban J connectivity index is 1.41. The van der Waals surface area contributed by atoms with Crippen molar-refractivity contribution in [2.45, 2.75) is 24.6 Å². The maximum atomic E-state index is 13.8. The Morgan fingerprint density at radius 3 is 1.94 bits per heavy atom. The molecule has 1 amide bonds. The Hall–Kier alpha value is -4.08. The fraction of sp³-hybridized carbons (Fsp3) is 0.192. The third-order valence-corrected chi connectivity index (χ3v) is 6.35. The van der Waals surface area contributed by atoms with Crippen LogP contribution in [0.25, 0.3) is 11.4 Å². The maximum absolute atomic E-state index is 13.8. The lowest BCUT2D eigenvalue weighted by molar-refractivity contribution is -0.137. The van der Waals surface area contributed by atoms with Gasteiger partial charge in [-0.1, -0.05) is 41.6 Å². The number of aromatic nitrogens is 2. The maximum Gasteiger partial charge on any atom is 0.416 e. The Morgan fingerprint density at radius 2 is 1.42 bits per heavy atom. The summed E-state index contributed by atoms with van der Waals surface area (Å²) in [4.78, 5) is 19.5. The van der Waals surface area contributed by atoms with E-state index in [0.29, 0.717) is 29.7 Å². The Morgan fingerprint density at radius 1 is 0.861 bits per heavy atom. The molecule has 1 aliphatic rings. The van der Waals surface area contributed by atoms with E-state index in [1.807, 2.05) is 0 Å². The summed E-state index contributed by atoms with van der Waals surface area (Å²) in [6.07, 6.45) is -4.11. The fourth-order valence-electron chi connectivity index (χ4n) is 4.51. The lowest BCUT2D eigenvalue weighted by atomic mass is 9.73. The van der Waals surface area contributed by atoms with E-state index in [-0.39, 0.29) is 24.2 Å². The van der Waals surface area contributed by atoms with Crippen molar-refractivity contribution in [3.8, 4) is 11.4 Å². The third-order valence-electron chi connectivity index (χ3n) is 6.35. The average Bonchev–Trinajstić information content (AvgIpc) is 3.46. The van der Waals surface area contributed by atoms with Gasteiger partial charge in [0.05, 0.1) is 5.56 Å². The van der Waals surface area contributed by atoms with E-state index in [2.05, 4.69) is 10.1 Å². The van der Waals surface area contributed by atoms with E-state index in [4.69, 9.17) is 4.52 Å². The van der Waals surface area contributed by atoms with E-state index < -0.39 is 28.8 Å². The molecule has 0 aliphatic carbocycles. The third kappa shape index (κ3) is 4.23. The molecule has 0 N–H and O–H groups in total. The quantitative estimate of drug-likeness (QED) is 0.328. The van der Waals surface area contributed by atoms with E-state index in [1.54, 1.807) is 0 Å². The molecule has 184 valence electrons. The van der Waals surface area contributed by atoms with E-state index in [9.17, 15) is 26.7 Å². The van der Waals surface area contributed by atoms with E-state index in [0.717, 1.165) is 12.1 Å². The molecular weight excluding hydrogens is 481 g/mol. The van der Waals surface area contributed by atoms with Crippen LogP contribution in [0.5, 0.6) is 0 Å². The number of nitrogens with zero attached hydrogens (tertiary/aromatic N) is 3. The number of halogens is 5. The number of alkyl halides is 3. The van der Waals surface area contributed by atoms with Gasteiger partial charge in [-0.3, -0.25) is 4.79 Å². The first kappa shape index (κ1) is 23.7. The summed E-state index contributed by atoms with van der Waals surface area (Å²) in [5.74, 6) is -0.995. The monoisotopic (exact) mass is 499 g/mol. The summed E-state index contributed by atoms with van der Waals surface area (Å²) in [6.45, 7) is 0.280. The molecule has 3 aromatic carbocycles. The predicted molar refractivity (Wildman–Crippen MR) is 118 cm³/mol. The first-order valence-electron chi connectivity index (χ1n) is 11.0. The fourth-order valence-corrected chi connectivity index (χ4v) is 4.51. The number of likely N-dealkylation sites (tertiary alicyclic amines) is 1. The second kappa shape index (κ2) is 8.85. The number of amides is 1. The minimum Gasteiger partial charge on any atom is -0.337 e. The van der Waals surface area contributed by atoms with Gasteiger partial charge in [-0.15, -0.1) is 0 Å². The zero-order valence-electron chi connectivity index (χ0n) is 18.6. The summed E-state index contributed by atoms with van der Waals surface area (Å²) in [6, 6.07) is 15.6. The molecule has 0 atom stereocenters. The molecular formula is C26H18F5N3O2. The van der Waals surface area contributed by atoms with Crippen LogP contribution in [0, 0.1) is 11.6 Å². The standard InChI is InChI=1S/C26H18F5N3O2/c27-20-9-5-17(6-10-20)25(18-7-11-21(28)12-8-18)13-14-34(24(25)35)15-22-32-23(33-36-22)16-1-3-19(4-2-16)26(29,30)31/h1-12H,13-15H2. The minimum atomic E-state index is -4.46. The molecule has 0 radical (unpaired) electrons. The minimum absolute atomic E-state index is 0.0311. The lowest BCUT2D eigenvalue weighted by Crippen LogP contribution is -2.38. The number of hydrogen-bond donors (Lipinski definition) is 0. The van der Waals surface area contributed by atoms with Crippen molar-refractivity contribution >= 4 is 5.91 Å².